The molecule has 1 heterocycles. The standard InChI is InChI=1S/C7H17NSi/c1-6-3-7(2)5-8(9)4-6/h6-7H,3-5H2,1-2,9H3/t6-,7+. The molecule has 2 atom stereocenters. The lowest BCUT2D eigenvalue weighted by Crippen LogP contribution is -2.36. The van der Waals surface area contributed by atoms with Gasteiger partial charge in [0.2, 0.25) is 0 Å². The van der Waals surface area contributed by atoms with Crippen LogP contribution in [0.3, 0.4) is 0 Å². The Morgan fingerprint density at radius 2 is 1.67 bits per heavy atom. The van der Waals surface area contributed by atoms with Gasteiger partial charge in [0.15, 0.2) is 0 Å². The summed E-state index contributed by atoms with van der Waals surface area (Å²) in [6, 6.07) is 0. The summed E-state index contributed by atoms with van der Waals surface area (Å²) in [5, 5.41) is 0. The van der Waals surface area contributed by atoms with Crippen molar-refractivity contribution in [2.45, 2.75) is 20.3 Å². The lowest BCUT2D eigenvalue weighted by molar-refractivity contribution is 0.229. The molecule has 1 aliphatic rings. The van der Waals surface area contributed by atoms with Crippen LogP contribution in [0.1, 0.15) is 20.3 Å². The minimum absolute atomic E-state index is 0.950. The van der Waals surface area contributed by atoms with Gasteiger partial charge in [-0.15, -0.1) is 0 Å². The van der Waals surface area contributed by atoms with Crippen molar-refractivity contribution in [3.05, 3.63) is 0 Å². The number of rotatable bonds is 0. The van der Waals surface area contributed by atoms with E-state index in [9.17, 15) is 0 Å². The molecule has 0 aliphatic carbocycles. The summed E-state index contributed by atoms with van der Waals surface area (Å²) in [7, 11) is 1.26. The quantitative estimate of drug-likeness (QED) is 0.439. The van der Waals surface area contributed by atoms with Gasteiger partial charge in [0.05, 0.1) is 10.4 Å². The summed E-state index contributed by atoms with van der Waals surface area (Å²) in [5.41, 5.74) is 0. The molecule has 1 rings (SSSR count). The first-order valence-corrected chi connectivity index (χ1v) is 4.76. The average molecular weight is 143 g/mol. The first-order valence-electron chi connectivity index (χ1n) is 3.87. The summed E-state index contributed by atoms with van der Waals surface area (Å²) < 4.78 is 2.57. The number of piperidine rings is 1. The zero-order valence-electron chi connectivity index (χ0n) is 6.72. The van der Waals surface area contributed by atoms with Crippen LogP contribution in [-0.2, 0) is 0 Å². The summed E-state index contributed by atoms with van der Waals surface area (Å²) in [6.07, 6.45) is 1.44. The fraction of sp³-hybridized carbons (Fsp3) is 1.00. The monoisotopic (exact) mass is 143 g/mol. The molecule has 0 saturated carbocycles. The second-order valence-corrected chi connectivity index (χ2v) is 4.93. The van der Waals surface area contributed by atoms with Crippen LogP contribution in [-0.4, -0.2) is 28.1 Å². The van der Waals surface area contributed by atoms with Crippen molar-refractivity contribution in [3.8, 4) is 0 Å². The predicted molar refractivity (Wildman–Crippen MR) is 44.5 cm³/mol. The summed E-state index contributed by atoms with van der Waals surface area (Å²) in [4.78, 5) is 0. The molecule has 0 bridgehead atoms. The van der Waals surface area contributed by atoms with E-state index in [2.05, 4.69) is 18.4 Å². The minimum atomic E-state index is 0.950. The molecule has 0 spiro atoms. The third-order valence-electron chi connectivity index (χ3n) is 2.05. The summed E-state index contributed by atoms with van der Waals surface area (Å²) in [5.74, 6) is 1.90. The van der Waals surface area contributed by atoms with Crippen LogP contribution >= 0.6 is 0 Å². The van der Waals surface area contributed by atoms with Gasteiger partial charge in [-0.25, -0.2) is 0 Å². The topological polar surface area (TPSA) is 3.24 Å². The maximum absolute atomic E-state index is 2.57. The van der Waals surface area contributed by atoms with Gasteiger partial charge in [-0.1, -0.05) is 13.8 Å². The van der Waals surface area contributed by atoms with Crippen molar-refractivity contribution >= 4 is 10.4 Å². The smallest absolute Gasteiger partial charge is 0.0784 e. The van der Waals surface area contributed by atoms with Crippen LogP contribution in [0, 0.1) is 11.8 Å². The molecule has 0 aromatic heterocycles. The maximum Gasteiger partial charge on any atom is 0.0784 e. The molecule has 0 aromatic rings. The molecule has 0 amide bonds. The number of hydrogen-bond donors (Lipinski definition) is 0. The molecular formula is C7H17NSi. The molecule has 1 saturated heterocycles. The first kappa shape index (κ1) is 7.29. The highest BCUT2D eigenvalue weighted by Crippen LogP contribution is 2.18. The van der Waals surface area contributed by atoms with E-state index in [1.54, 1.807) is 0 Å². The molecule has 0 unspecified atom stereocenters. The van der Waals surface area contributed by atoms with E-state index in [-0.39, 0.29) is 0 Å². The van der Waals surface area contributed by atoms with E-state index in [0.717, 1.165) is 11.8 Å². The fourth-order valence-corrected chi connectivity index (χ4v) is 3.22. The second kappa shape index (κ2) is 2.84. The van der Waals surface area contributed by atoms with Gasteiger partial charge in [-0.05, 0) is 31.3 Å². The van der Waals surface area contributed by atoms with Crippen LogP contribution in [0.4, 0.5) is 0 Å². The molecule has 0 aromatic carbocycles. The Hall–Kier alpha value is 0.177. The molecule has 1 fully saturated rings. The third kappa shape index (κ3) is 2.10. The zero-order valence-corrected chi connectivity index (χ0v) is 8.72. The molecule has 0 N–H and O–H groups in total. The molecule has 54 valence electrons. The van der Waals surface area contributed by atoms with Crippen molar-refractivity contribution in [1.29, 1.82) is 0 Å². The van der Waals surface area contributed by atoms with Gasteiger partial charge in [0.25, 0.3) is 0 Å². The molecule has 0 radical (unpaired) electrons. The molecule has 1 aliphatic heterocycles. The third-order valence-corrected chi connectivity index (χ3v) is 2.78. The maximum atomic E-state index is 2.57. The van der Waals surface area contributed by atoms with Crippen molar-refractivity contribution in [3.63, 3.8) is 0 Å². The molecule has 9 heavy (non-hydrogen) atoms. The SMILES string of the molecule is C[C@@H]1C[C@H](C)CN([SiH3])C1. The Kier molecular flexibility index (Phi) is 2.30. The van der Waals surface area contributed by atoms with Crippen molar-refractivity contribution in [2.24, 2.45) is 11.8 Å². The number of hydrogen-bond acceptors (Lipinski definition) is 1. The van der Waals surface area contributed by atoms with E-state index < -0.39 is 0 Å². The highest BCUT2D eigenvalue weighted by Gasteiger charge is 2.17. The van der Waals surface area contributed by atoms with Crippen LogP contribution < -0.4 is 0 Å². The van der Waals surface area contributed by atoms with E-state index >= 15 is 0 Å². The second-order valence-electron chi connectivity index (χ2n) is 3.67. The van der Waals surface area contributed by atoms with Gasteiger partial charge in [0.1, 0.15) is 0 Å². The van der Waals surface area contributed by atoms with E-state index in [1.165, 1.54) is 29.9 Å². The first-order chi connectivity index (χ1) is 4.18. The molecule has 2 heteroatoms. The fourth-order valence-electron chi connectivity index (χ4n) is 1.97. The van der Waals surface area contributed by atoms with E-state index in [1.807, 2.05) is 0 Å². The summed E-state index contributed by atoms with van der Waals surface area (Å²) >= 11 is 0. The van der Waals surface area contributed by atoms with E-state index in [0.29, 0.717) is 0 Å². The lowest BCUT2D eigenvalue weighted by Gasteiger charge is -2.32. The van der Waals surface area contributed by atoms with Crippen LogP contribution in [0.2, 0.25) is 0 Å². The number of nitrogens with zero attached hydrogens (tertiary/aromatic N) is 1. The van der Waals surface area contributed by atoms with Gasteiger partial charge in [0, 0.05) is 0 Å². The normalized spacial score (nSPS) is 39.3. The lowest BCUT2D eigenvalue weighted by atomic mass is 9.94. The Morgan fingerprint density at radius 3 is 2.00 bits per heavy atom. The average Bonchev–Trinajstić information content (AvgIpc) is 1.59. The Balaban J connectivity index is 2.34. The van der Waals surface area contributed by atoms with E-state index in [4.69, 9.17) is 0 Å². The highest BCUT2D eigenvalue weighted by atomic mass is 28.2. The van der Waals surface area contributed by atoms with Crippen molar-refractivity contribution in [2.75, 3.05) is 13.1 Å². The van der Waals surface area contributed by atoms with Crippen LogP contribution in [0.15, 0.2) is 0 Å². The zero-order chi connectivity index (χ0) is 6.85. The van der Waals surface area contributed by atoms with Gasteiger partial charge in [-0.2, -0.15) is 0 Å². The Bertz CT molecular complexity index is 69.9. The van der Waals surface area contributed by atoms with Crippen molar-refractivity contribution < 1.29 is 0 Å². The van der Waals surface area contributed by atoms with Crippen LogP contribution in [0.5, 0.6) is 0 Å². The Labute approximate surface area is 60.9 Å². The van der Waals surface area contributed by atoms with Gasteiger partial charge < -0.3 is 4.57 Å². The minimum Gasteiger partial charge on any atom is -0.332 e. The predicted octanol–water partition coefficient (Wildman–Crippen LogP) is 0.245. The van der Waals surface area contributed by atoms with Crippen LogP contribution in [0.25, 0.3) is 0 Å². The highest BCUT2D eigenvalue weighted by molar-refractivity contribution is 6.04. The largest absolute Gasteiger partial charge is 0.332 e. The molecular weight excluding hydrogens is 126 g/mol. The Morgan fingerprint density at radius 1 is 1.22 bits per heavy atom. The summed E-state index contributed by atoms with van der Waals surface area (Å²) in [6.45, 7) is 7.44. The van der Waals surface area contributed by atoms with Crippen molar-refractivity contribution in [1.82, 2.24) is 4.57 Å². The van der Waals surface area contributed by atoms with Gasteiger partial charge in [-0.3, -0.25) is 0 Å². The molecule has 1 nitrogen and oxygen atoms in total. The van der Waals surface area contributed by atoms with Gasteiger partial charge >= 0.3 is 0 Å².